The van der Waals surface area contributed by atoms with E-state index in [0.717, 1.165) is 24.9 Å². The molecule has 0 bridgehead atoms. The van der Waals surface area contributed by atoms with Crippen LogP contribution in [0.3, 0.4) is 0 Å². The summed E-state index contributed by atoms with van der Waals surface area (Å²) in [4.78, 5) is 2.60. The van der Waals surface area contributed by atoms with Crippen LogP contribution in [0.4, 0.5) is 5.69 Å². The highest BCUT2D eigenvalue weighted by molar-refractivity contribution is 5.44. The Morgan fingerprint density at radius 1 is 0.955 bits per heavy atom. The molecule has 3 rings (SSSR count). The van der Waals surface area contributed by atoms with E-state index in [1.165, 1.54) is 69.3 Å². The van der Waals surface area contributed by atoms with Gasteiger partial charge < -0.3 is 5.32 Å². The molecule has 1 aromatic carbocycles. The number of benzene rings is 1. The molecule has 2 fully saturated rings. The van der Waals surface area contributed by atoms with E-state index in [1.54, 1.807) is 0 Å². The van der Waals surface area contributed by atoms with Crippen LogP contribution in [0, 0.1) is 11.8 Å². The first-order valence-corrected chi connectivity index (χ1v) is 9.35. The van der Waals surface area contributed by atoms with Gasteiger partial charge in [0.2, 0.25) is 0 Å². The van der Waals surface area contributed by atoms with Gasteiger partial charge in [-0.05, 0) is 68.3 Å². The quantitative estimate of drug-likeness (QED) is 0.831. The van der Waals surface area contributed by atoms with Gasteiger partial charge in [0, 0.05) is 18.8 Å². The van der Waals surface area contributed by atoms with Gasteiger partial charge in [-0.25, -0.2) is 0 Å². The fraction of sp³-hybridized carbons (Fsp3) is 0.700. The van der Waals surface area contributed by atoms with E-state index in [4.69, 9.17) is 0 Å². The normalized spacial score (nSPS) is 21.9. The molecule has 2 heteroatoms. The molecule has 1 saturated heterocycles. The number of anilines is 1. The van der Waals surface area contributed by atoms with Crippen molar-refractivity contribution < 1.29 is 0 Å². The maximum absolute atomic E-state index is 3.64. The second-order valence-electron chi connectivity index (χ2n) is 7.54. The number of nitrogens with zero attached hydrogens (tertiary/aromatic N) is 1. The summed E-state index contributed by atoms with van der Waals surface area (Å²) in [6, 6.07) is 9.15. The van der Waals surface area contributed by atoms with Crippen molar-refractivity contribution in [2.75, 3.05) is 25.0 Å². The third-order valence-corrected chi connectivity index (χ3v) is 5.56. The molecule has 1 aromatic rings. The van der Waals surface area contributed by atoms with Gasteiger partial charge in [0.25, 0.3) is 0 Å². The smallest absolute Gasteiger partial charge is 0.0340 e. The first-order chi connectivity index (χ1) is 10.8. The van der Waals surface area contributed by atoms with Crippen LogP contribution < -0.4 is 5.32 Å². The molecule has 1 heterocycles. The first-order valence-electron chi connectivity index (χ1n) is 9.35. The van der Waals surface area contributed by atoms with Crippen LogP contribution in [-0.2, 0) is 6.54 Å². The van der Waals surface area contributed by atoms with E-state index in [1.807, 2.05) is 0 Å². The zero-order valence-corrected chi connectivity index (χ0v) is 14.2. The highest BCUT2D eigenvalue weighted by Gasteiger charge is 2.16. The van der Waals surface area contributed by atoms with Gasteiger partial charge in [-0.15, -0.1) is 0 Å². The van der Waals surface area contributed by atoms with Crippen molar-refractivity contribution in [3.63, 3.8) is 0 Å². The van der Waals surface area contributed by atoms with Crippen LogP contribution in [-0.4, -0.2) is 24.5 Å². The minimum absolute atomic E-state index is 0.892. The van der Waals surface area contributed by atoms with Gasteiger partial charge in [0.05, 0.1) is 0 Å². The van der Waals surface area contributed by atoms with E-state index in [0.29, 0.717) is 0 Å². The summed E-state index contributed by atoms with van der Waals surface area (Å²) in [5.41, 5.74) is 2.75. The largest absolute Gasteiger partial charge is 0.385 e. The lowest BCUT2D eigenvalue weighted by Crippen LogP contribution is -2.32. The Morgan fingerprint density at radius 2 is 1.64 bits per heavy atom. The highest BCUT2D eigenvalue weighted by atomic mass is 15.1. The zero-order valence-electron chi connectivity index (χ0n) is 14.2. The maximum Gasteiger partial charge on any atom is 0.0340 e. The van der Waals surface area contributed by atoms with Gasteiger partial charge in [-0.1, -0.05) is 38.3 Å². The zero-order chi connectivity index (χ0) is 15.2. The van der Waals surface area contributed by atoms with Crippen molar-refractivity contribution in [3.05, 3.63) is 29.8 Å². The van der Waals surface area contributed by atoms with Crippen molar-refractivity contribution in [1.29, 1.82) is 0 Å². The minimum Gasteiger partial charge on any atom is -0.385 e. The topological polar surface area (TPSA) is 15.3 Å². The molecule has 2 nitrogen and oxygen atoms in total. The Bertz CT molecular complexity index is 426. The average molecular weight is 300 g/mol. The molecule has 2 aliphatic rings. The molecule has 1 saturated carbocycles. The summed E-state index contributed by atoms with van der Waals surface area (Å²) < 4.78 is 0. The Kier molecular flexibility index (Phi) is 5.77. The Hall–Kier alpha value is -1.02. The monoisotopic (exact) mass is 300 g/mol. The molecule has 0 atom stereocenters. The van der Waals surface area contributed by atoms with Crippen LogP contribution >= 0.6 is 0 Å². The minimum atomic E-state index is 0.892. The summed E-state index contributed by atoms with van der Waals surface area (Å²) in [6.07, 6.45) is 9.86. The fourth-order valence-corrected chi connectivity index (χ4v) is 3.86. The number of likely N-dealkylation sites (tertiary alicyclic amines) is 1. The Labute approximate surface area is 136 Å². The van der Waals surface area contributed by atoms with Crippen molar-refractivity contribution in [2.45, 2.75) is 58.4 Å². The lowest BCUT2D eigenvalue weighted by atomic mass is 9.89. The van der Waals surface area contributed by atoms with Crippen LogP contribution in [0.1, 0.15) is 57.4 Å². The number of piperidine rings is 1. The molecular weight excluding hydrogens is 268 g/mol. The third-order valence-electron chi connectivity index (χ3n) is 5.56. The molecule has 0 spiro atoms. The Balaban J connectivity index is 1.43. The molecule has 0 amide bonds. The van der Waals surface area contributed by atoms with E-state index in [-0.39, 0.29) is 0 Å². The fourth-order valence-electron chi connectivity index (χ4n) is 3.86. The van der Waals surface area contributed by atoms with Crippen molar-refractivity contribution >= 4 is 5.69 Å². The summed E-state index contributed by atoms with van der Waals surface area (Å²) in [6.45, 7) is 7.19. The molecule has 1 aliphatic heterocycles. The summed E-state index contributed by atoms with van der Waals surface area (Å²) in [5.74, 6) is 1.81. The van der Waals surface area contributed by atoms with Crippen molar-refractivity contribution in [2.24, 2.45) is 11.8 Å². The van der Waals surface area contributed by atoms with Crippen molar-refractivity contribution in [3.8, 4) is 0 Å². The van der Waals surface area contributed by atoms with Gasteiger partial charge in [0.1, 0.15) is 0 Å². The van der Waals surface area contributed by atoms with E-state index in [9.17, 15) is 0 Å². The maximum atomic E-state index is 3.64. The van der Waals surface area contributed by atoms with E-state index in [2.05, 4.69) is 41.4 Å². The van der Waals surface area contributed by atoms with Crippen LogP contribution in [0.25, 0.3) is 0 Å². The Morgan fingerprint density at radius 3 is 2.32 bits per heavy atom. The lowest BCUT2D eigenvalue weighted by molar-refractivity contribution is 0.185. The average Bonchev–Trinajstić information content (AvgIpc) is 2.57. The second kappa shape index (κ2) is 8.01. The molecule has 0 radical (unpaired) electrons. The SMILES string of the molecule is CC1CCN(Cc2ccc(NCC3CCCCC3)cc2)CC1. The number of hydrogen-bond donors (Lipinski definition) is 1. The summed E-state index contributed by atoms with van der Waals surface area (Å²) >= 11 is 0. The second-order valence-corrected chi connectivity index (χ2v) is 7.54. The van der Waals surface area contributed by atoms with Gasteiger partial charge >= 0.3 is 0 Å². The molecule has 0 unspecified atom stereocenters. The number of hydrogen-bond acceptors (Lipinski definition) is 2. The molecule has 0 aromatic heterocycles. The lowest BCUT2D eigenvalue weighted by Gasteiger charge is -2.30. The number of nitrogens with one attached hydrogen (secondary N) is 1. The molecule has 1 aliphatic carbocycles. The van der Waals surface area contributed by atoms with Crippen LogP contribution in [0.15, 0.2) is 24.3 Å². The highest BCUT2D eigenvalue weighted by Crippen LogP contribution is 2.24. The van der Waals surface area contributed by atoms with Crippen molar-refractivity contribution in [1.82, 2.24) is 4.90 Å². The summed E-state index contributed by atoms with van der Waals surface area (Å²) in [5, 5.41) is 3.64. The van der Waals surface area contributed by atoms with E-state index >= 15 is 0 Å². The molecular formula is C20H32N2. The van der Waals surface area contributed by atoms with Gasteiger partial charge in [-0.2, -0.15) is 0 Å². The predicted molar refractivity (Wildman–Crippen MR) is 95.2 cm³/mol. The number of rotatable bonds is 5. The molecule has 22 heavy (non-hydrogen) atoms. The predicted octanol–water partition coefficient (Wildman–Crippen LogP) is 4.91. The third kappa shape index (κ3) is 4.74. The van der Waals surface area contributed by atoms with Gasteiger partial charge in [0.15, 0.2) is 0 Å². The molecule has 1 N–H and O–H groups in total. The van der Waals surface area contributed by atoms with Crippen LogP contribution in [0.5, 0.6) is 0 Å². The summed E-state index contributed by atoms with van der Waals surface area (Å²) in [7, 11) is 0. The first kappa shape index (κ1) is 15.9. The molecule has 122 valence electrons. The van der Waals surface area contributed by atoms with Crippen LogP contribution in [0.2, 0.25) is 0 Å². The van der Waals surface area contributed by atoms with Gasteiger partial charge in [-0.3, -0.25) is 4.90 Å². The van der Waals surface area contributed by atoms with E-state index < -0.39 is 0 Å². The standard InChI is InChI=1S/C20H32N2/c1-17-11-13-22(14-12-17)16-19-7-9-20(10-8-19)21-15-18-5-3-2-4-6-18/h7-10,17-18,21H,2-6,11-16H2,1H3.